The second-order valence-corrected chi connectivity index (χ2v) is 5.62. The number of rotatable bonds is 5. The Labute approximate surface area is 96.3 Å². The topological polar surface area (TPSA) is 73.0 Å². The van der Waals surface area contributed by atoms with Crippen molar-refractivity contribution in [2.24, 2.45) is 5.14 Å². The van der Waals surface area contributed by atoms with E-state index >= 15 is 0 Å². The van der Waals surface area contributed by atoms with Crippen LogP contribution in [0.2, 0.25) is 0 Å². The summed E-state index contributed by atoms with van der Waals surface area (Å²) in [6.45, 7) is 1.62. The van der Waals surface area contributed by atoms with E-state index in [1.165, 1.54) is 0 Å². The van der Waals surface area contributed by atoms with Gasteiger partial charge in [-0.1, -0.05) is 12.1 Å². The van der Waals surface area contributed by atoms with Crippen molar-refractivity contribution in [3.8, 4) is 0 Å². The molecule has 4 nitrogen and oxygen atoms in total. The van der Waals surface area contributed by atoms with E-state index in [4.69, 9.17) is 5.14 Å². The molecule has 0 bridgehead atoms. The molecule has 0 aliphatic rings. The van der Waals surface area contributed by atoms with Gasteiger partial charge in [0.05, 0.1) is 10.9 Å². The highest BCUT2D eigenvalue weighted by Crippen LogP contribution is 2.06. The van der Waals surface area contributed by atoms with Crippen molar-refractivity contribution < 1.29 is 8.42 Å². The molecule has 0 radical (unpaired) electrons. The van der Waals surface area contributed by atoms with E-state index in [1.807, 2.05) is 30.4 Å². The monoisotopic (exact) mass is 240 g/mol. The van der Waals surface area contributed by atoms with Crippen molar-refractivity contribution in [3.05, 3.63) is 36.2 Å². The van der Waals surface area contributed by atoms with Crippen molar-refractivity contribution in [2.75, 3.05) is 0 Å². The van der Waals surface area contributed by atoms with Crippen molar-refractivity contribution >= 4 is 16.1 Å². The van der Waals surface area contributed by atoms with Gasteiger partial charge in [0, 0.05) is 6.20 Å². The van der Waals surface area contributed by atoms with Gasteiger partial charge in [0.15, 0.2) is 0 Å². The number of nitrogens with two attached hydrogens (primary N) is 1. The summed E-state index contributed by atoms with van der Waals surface area (Å²) in [6, 6.07) is 5.64. The summed E-state index contributed by atoms with van der Waals surface area (Å²) in [4.78, 5) is 4.11. The largest absolute Gasteiger partial charge is 0.257 e. The Morgan fingerprint density at radius 1 is 1.50 bits per heavy atom. The standard InChI is InChI=1S/C11H16N2O2S/c1-10(16(12,14)15)6-2-3-7-11-8-4-5-9-13-11/h3-5,7-10H,2,6H2,1H3,(H2,12,14,15)/t10-/m0/s1. The molecule has 0 saturated carbocycles. The molecule has 0 unspecified atom stereocenters. The predicted molar refractivity (Wildman–Crippen MR) is 65.1 cm³/mol. The van der Waals surface area contributed by atoms with E-state index < -0.39 is 15.3 Å². The van der Waals surface area contributed by atoms with Crippen molar-refractivity contribution in [3.63, 3.8) is 0 Å². The fourth-order valence-electron chi connectivity index (χ4n) is 1.17. The molecule has 1 aromatic heterocycles. The molecule has 0 amide bonds. The molecule has 1 atom stereocenters. The van der Waals surface area contributed by atoms with Crippen LogP contribution < -0.4 is 5.14 Å². The molecule has 0 aliphatic heterocycles. The highest BCUT2D eigenvalue weighted by atomic mass is 32.2. The predicted octanol–water partition coefficient (Wildman–Crippen LogP) is 1.55. The summed E-state index contributed by atoms with van der Waals surface area (Å²) in [5.41, 5.74) is 0.866. The molecule has 88 valence electrons. The molecule has 1 rings (SSSR count). The molecule has 5 heteroatoms. The lowest BCUT2D eigenvalue weighted by atomic mass is 10.2. The van der Waals surface area contributed by atoms with E-state index in [1.54, 1.807) is 13.1 Å². The Bertz CT molecular complexity index is 440. The van der Waals surface area contributed by atoms with Gasteiger partial charge in [0.25, 0.3) is 0 Å². The maximum absolute atomic E-state index is 10.9. The summed E-state index contributed by atoms with van der Waals surface area (Å²) >= 11 is 0. The van der Waals surface area contributed by atoms with Gasteiger partial charge in [0.2, 0.25) is 10.0 Å². The molecule has 16 heavy (non-hydrogen) atoms. The average Bonchev–Trinajstić information content (AvgIpc) is 2.24. The number of allylic oxidation sites excluding steroid dienone is 1. The van der Waals surface area contributed by atoms with E-state index in [2.05, 4.69) is 4.98 Å². The third-order valence-electron chi connectivity index (χ3n) is 2.28. The van der Waals surface area contributed by atoms with Crippen LogP contribution in [0.25, 0.3) is 6.08 Å². The zero-order chi connectivity index (χ0) is 12.0. The molecule has 1 aromatic rings. The first-order valence-electron chi connectivity index (χ1n) is 5.09. The van der Waals surface area contributed by atoms with Gasteiger partial charge in [-0.2, -0.15) is 0 Å². The summed E-state index contributed by atoms with van der Waals surface area (Å²) in [6.07, 6.45) is 6.70. The Balaban J connectivity index is 2.40. The summed E-state index contributed by atoms with van der Waals surface area (Å²) in [7, 11) is -3.40. The maximum atomic E-state index is 10.9. The minimum atomic E-state index is -3.40. The second-order valence-electron chi connectivity index (χ2n) is 3.63. The van der Waals surface area contributed by atoms with E-state index in [-0.39, 0.29) is 0 Å². The van der Waals surface area contributed by atoms with Crippen LogP contribution in [0.1, 0.15) is 25.5 Å². The molecule has 0 aliphatic carbocycles. The van der Waals surface area contributed by atoms with Crippen molar-refractivity contribution in [1.29, 1.82) is 0 Å². The van der Waals surface area contributed by atoms with E-state index in [9.17, 15) is 8.42 Å². The number of primary sulfonamides is 1. The molecule has 0 fully saturated rings. The fourth-order valence-corrected chi connectivity index (χ4v) is 1.64. The SMILES string of the molecule is C[C@@H](CCC=Cc1ccccn1)S(N)(=O)=O. The fraction of sp³-hybridized carbons (Fsp3) is 0.364. The third kappa shape index (κ3) is 4.55. The lowest BCUT2D eigenvalue weighted by Gasteiger charge is -2.05. The van der Waals surface area contributed by atoms with E-state index in [0.717, 1.165) is 5.69 Å². The van der Waals surface area contributed by atoms with Crippen molar-refractivity contribution in [1.82, 2.24) is 4.98 Å². The normalized spacial score (nSPS) is 14.1. The maximum Gasteiger partial charge on any atom is 0.211 e. The molecule has 0 aromatic carbocycles. The number of pyridine rings is 1. The molecular formula is C11H16N2O2S. The lowest BCUT2D eigenvalue weighted by Crippen LogP contribution is -2.25. The number of nitrogens with zero attached hydrogens (tertiary/aromatic N) is 1. The molecule has 2 N–H and O–H groups in total. The number of sulfonamides is 1. The van der Waals surface area contributed by atoms with Gasteiger partial charge >= 0.3 is 0 Å². The molecule has 0 spiro atoms. The Morgan fingerprint density at radius 3 is 2.81 bits per heavy atom. The van der Waals surface area contributed by atoms with Crippen LogP contribution in [-0.4, -0.2) is 18.7 Å². The first kappa shape index (κ1) is 12.9. The zero-order valence-corrected chi connectivity index (χ0v) is 10.0. The van der Waals surface area contributed by atoms with E-state index in [0.29, 0.717) is 12.8 Å². The summed E-state index contributed by atoms with van der Waals surface area (Å²) in [5.74, 6) is 0. The smallest absolute Gasteiger partial charge is 0.211 e. The Kier molecular flexibility index (Phi) is 4.64. The Morgan fingerprint density at radius 2 is 2.25 bits per heavy atom. The Hall–Kier alpha value is -1.20. The number of hydrogen-bond donors (Lipinski definition) is 1. The first-order chi connectivity index (χ1) is 7.50. The van der Waals surface area contributed by atoms with Gasteiger partial charge in [-0.05, 0) is 38.0 Å². The minimum absolute atomic E-state index is 0.499. The van der Waals surface area contributed by atoms with Crippen LogP contribution in [0.15, 0.2) is 30.5 Å². The molecule has 1 heterocycles. The second kappa shape index (κ2) is 5.77. The van der Waals surface area contributed by atoms with Gasteiger partial charge < -0.3 is 0 Å². The first-order valence-corrected chi connectivity index (χ1v) is 6.70. The zero-order valence-electron chi connectivity index (χ0n) is 9.20. The van der Waals surface area contributed by atoms with Gasteiger partial charge in [0.1, 0.15) is 0 Å². The highest BCUT2D eigenvalue weighted by Gasteiger charge is 2.13. The van der Waals surface area contributed by atoms with Crippen LogP contribution in [0, 0.1) is 0 Å². The highest BCUT2D eigenvalue weighted by molar-refractivity contribution is 7.89. The third-order valence-corrected chi connectivity index (χ3v) is 3.63. The van der Waals surface area contributed by atoms with Crippen molar-refractivity contribution in [2.45, 2.75) is 25.0 Å². The molecular weight excluding hydrogens is 224 g/mol. The van der Waals surface area contributed by atoms with Gasteiger partial charge in [-0.15, -0.1) is 0 Å². The lowest BCUT2D eigenvalue weighted by molar-refractivity contribution is 0.580. The van der Waals surface area contributed by atoms with Crippen LogP contribution in [0.5, 0.6) is 0 Å². The van der Waals surface area contributed by atoms with Crippen LogP contribution in [0.3, 0.4) is 0 Å². The quantitative estimate of drug-likeness (QED) is 0.848. The van der Waals surface area contributed by atoms with Crippen LogP contribution in [-0.2, 0) is 10.0 Å². The van der Waals surface area contributed by atoms with Gasteiger partial charge in [-0.25, -0.2) is 13.6 Å². The van der Waals surface area contributed by atoms with Crippen LogP contribution in [0.4, 0.5) is 0 Å². The number of hydrogen-bond acceptors (Lipinski definition) is 3. The summed E-state index contributed by atoms with van der Waals surface area (Å²) < 4.78 is 21.9. The summed E-state index contributed by atoms with van der Waals surface area (Å²) in [5, 5.41) is 4.51. The minimum Gasteiger partial charge on any atom is -0.257 e. The van der Waals surface area contributed by atoms with Gasteiger partial charge in [-0.3, -0.25) is 4.98 Å². The molecule has 0 saturated heterocycles. The average molecular weight is 240 g/mol. The number of aromatic nitrogens is 1. The van der Waals surface area contributed by atoms with Crippen LogP contribution >= 0.6 is 0 Å².